The summed E-state index contributed by atoms with van der Waals surface area (Å²) in [6, 6.07) is 8.00. The first-order valence-electron chi connectivity index (χ1n) is 5.33. The molecule has 4 heteroatoms. The number of nitriles is 1. The Bertz CT molecular complexity index is 408. The van der Waals surface area contributed by atoms with Crippen LogP contribution in [0.25, 0.3) is 0 Å². The highest BCUT2D eigenvalue weighted by molar-refractivity contribution is 7.99. The van der Waals surface area contributed by atoms with E-state index < -0.39 is 0 Å². The van der Waals surface area contributed by atoms with Crippen molar-refractivity contribution < 1.29 is 0 Å². The molecule has 0 radical (unpaired) electrons. The average molecular weight is 253 g/mol. The van der Waals surface area contributed by atoms with Gasteiger partial charge in [-0.2, -0.15) is 17.0 Å². The minimum Gasteiger partial charge on any atom is -0.381 e. The molecule has 16 heavy (non-hydrogen) atoms. The highest BCUT2D eigenvalue weighted by Gasteiger charge is 2.14. The summed E-state index contributed by atoms with van der Waals surface area (Å²) in [7, 11) is 0. The van der Waals surface area contributed by atoms with Crippen LogP contribution in [-0.2, 0) is 0 Å². The molecule has 1 aromatic rings. The molecular formula is C12H13ClN2S. The molecule has 0 aromatic heterocycles. The van der Waals surface area contributed by atoms with Gasteiger partial charge in [-0.3, -0.25) is 0 Å². The maximum Gasteiger partial charge on any atom is 0.0992 e. The maximum absolute atomic E-state index is 8.74. The molecule has 1 N–H and O–H groups in total. The van der Waals surface area contributed by atoms with Gasteiger partial charge in [0.25, 0.3) is 0 Å². The van der Waals surface area contributed by atoms with Crippen LogP contribution in [0, 0.1) is 11.3 Å². The molecule has 0 spiro atoms. The van der Waals surface area contributed by atoms with Gasteiger partial charge in [-0.1, -0.05) is 11.6 Å². The van der Waals surface area contributed by atoms with Gasteiger partial charge in [-0.15, -0.1) is 0 Å². The third-order valence-electron chi connectivity index (χ3n) is 2.68. The lowest BCUT2D eigenvalue weighted by Gasteiger charge is -2.24. The molecule has 84 valence electrons. The number of nitrogens with one attached hydrogen (secondary N) is 1. The van der Waals surface area contributed by atoms with Crippen molar-refractivity contribution in [2.45, 2.75) is 18.9 Å². The Morgan fingerprint density at radius 2 is 2.12 bits per heavy atom. The van der Waals surface area contributed by atoms with Gasteiger partial charge in [0.1, 0.15) is 0 Å². The molecule has 0 aliphatic carbocycles. The number of rotatable bonds is 2. The van der Waals surface area contributed by atoms with E-state index in [9.17, 15) is 0 Å². The lowest BCUT2D eigenvalue weighted by Crippen LogP contribution is -2.24. The summed E-state index contributed by atoms with van der Waals surface area (Å²) in [5.74, 6) is 2.43. The van der Waals surface area contributed by atoms with Crippen molar-refractivity contribution in [3.05, 3.63) is 28.8 Å². The number of hydrogen-bond donors (Lipinski definition) is 1. The molecule has 0 bridgehead atoms. The van der Waals surface area contributed by atoms with Crippen molar-refractivity contribution in [2.75, 3.05) is 16.8 Å². The molecule has 2 nitrogen and oxygen atoms in total. The van der Waals surface area contributed by atoms with E-state index >= 15 is 0 Å². The second-order valence-corrected chi connectivity index (χ2v) is 5.47. The van der Waals surface area contributed by atoms with Gasteiger partial charge in [0.2, 0.25) is 0 Å². The number of thioether (sulfide) groups is 1. The van der Waals surface area contributed by atoms with Gasteiger partial charge in [-0.25, -0.2) is 0 Å². The first-order chi connectivity index (χ1) is 7.79. The minimum absolute atomic E-state index is 0.520. The van der Waals surface area contributed by atoms with Gasteiger partial charge in [0, 0.05) is 6.04 Å². The summed E-state index contributed by atoms with van der Waals surface area (Å²) in [6.07, 6.45) is 2.36. The summed E-state index contributed by atoms with van der Waals surface area (Å²) in [5, 5.41) is 12.8. The third-order valence-corrected chi connectivity index (χ3v) is 4.04. The Morgan fingerprint density at radius 3 is 2.75 bits per heavy atom. The molecular weight excluding hydrogens is 240 g/mol. The lowest BCUT2D eigenvalue weighted by atomic mass is 10.1. The summed E-state index contributed by atoms with van der Waals surface area (Å²) in [6.45, 7) is 0. The van der Waals surface area contributed by atoms with Gasteiger partial charge in [0.15, 0.2) is 0 Å². The molecule has 0 amide bonds. The van der Waals surface area contributed by atoms with E-state index in [1.807, 2.05) is 17.8 Å². The van der Waals surface area contributed by atoms with Gasteiger partial charge >= 0.3 is 0 Å². The molecule has 1 aliphatic heterocycles. The molecule has 0 unspecified atom stereocenters. The predicted octanol–water partition coefficient (Wildman–Crippen LogP) is 3.52. The van der Waals surface area contributed by atoms with Crippen molar-refractivity contribution >= 4 is 29.1 Å². The standard InChI is InChI=1S/C12H13ClN2S/c13-11-7-9(8-14)1-2-12(11)15-10-3-5-16-6-4-10/h1-2,7,10,15H,3-6H2. The fourth-order valence-corrected chi connectivity index (χ4v) is 3.11. The predicted molar refractivity (Wildman–Crippen MR) is 70.1 cm³/mol. The van der Waals surface area contributed by atoms with Crippen LogP contribution < -0.4 is 5.32 Å². The van der Waals surface area contributed by atoms with Crippen LogP contribution in [0.3, 0.4) is 0 Å². The summed E-state index contributed by atoms with van der Waals surface area (Å²) in [5.41, 5.74) is 1.55. The number of anilines is 1. The second-order valence-electron chi connectivity index (χ2n) is 3.84. The van der Waals surface area contributed by atoms with Crippen molar-refractivity contribution in [3.8, 4) is 6.07 Å². The molecule has 0 atom stereocenters. The molecule has 2 rings (SSSR count). The number of halogens is 1. The zero-order chi connectivity index (χ0) is 11.4. The van der Waals surface area contributed by atoms with Gasteiger partial charge < -0.3 is 5.32 Å². The largest absolute Gasteiger partial charge is 0.381 e. The van der Waals surface area contributed by atoms with E-state index in [0.717, 1.165) is 5.69 Å². The van der Waals surface area contributed by atoms with Crippen molar-refractivity contribution in [3.63, 3.8) is 0 Å². The van der Waals surface area contributed by atoms with Gasteiger partial charge in [-0.05, 0) is 42.5 Å². The zero-order valence-corrected chi connectivity index (χ0v) is 10.4. The summed E-state index contributed by atoms with van der Waals surface area (Å²) in [4.78, 5) is 0. The average Bonchev–Trinajstić information content (AvgIpc) is 2.33. The minimum atomic E-state index is 0.520. The smallest absolute Gasteiger partial charge is 0.0992 e. The van der Waals surface area contributed by atoms with Crippen LogP contribution in [0.4, 0.5) is 5.69 Å². The highest BCUT2D eigenvalue weighted by atomic mass is 35.5. The normalized spacial score (nSPS) is 16.8. The van der Waals surface area contributed by atoms with Crippen LogP contribution in [0.2, 0.25) is 5.02 Å². The fourth-order valence-electron chi connectivity index (χ4n) is 1.76. The first kappa shape index (κ1) is 11.6. The van der Waals surface area contributed by atoms with E-state index in [4.69, 9.17) is 16.9 Å². The van der Waals surface area contributed by atoms with Crippen molar-refractivity contribution in [2.24, 2.45) is 0 Å². The van der Waals surface area contributed by atoms with Crippen LogP contribution in [0.15, 0.2) is 18.2 Å². The molecule has 1 aromatic carbocycles. The topological polar surface area (TPSA) is 35.8 Å². The Labute approximate surface area is 105 Å². The SMILES string of the molecule is N#Cc1ccc(NC2CCSCC2)c(Cl)c1. The Morgan fingerprint density at radius 1 is 1.38 bits per heavy atom. The van der Waals surface area contributed by atoms with E-state index in [0.29, 0.717) is 16.6 Å². The monoisotopic (exact) mass is 252 g/mol. The Hall–Kier alpha value is -0.850. The molecule has 1 fully saturated rings. The van der Waals surface area contributed by atoms with Crippen LogP contribution in [0.1, 0.15) is 18.4 Å². The van der Waals surface area contributed by atoms with E-state index in [2.05, 4.69) is 11.4 Å². The van der Waals surface area contributed by atoms with E-state index in [1.165, 1.54) is 24.3 Å². The lowest BCUT2D eigenvalue weighted by molar-refractivity contribution is 0.667. The number of hydrogen-bond acceptors (Lipinski definition) is 3. The quantitative estimate of drug-likeness (QED) is 0.875. The van der Waals surface area contributed by atoms with E-state index in [1.54, 1.807) is 12.1 Å². The summed E-state index contributed by atoms with van der Waals surface area (Å²) < 4.78 is 0. The van der Waals surface area contributed by atoms with Crippen LogP contribution in [0.5, 0.6) is 0 Å². The van der Waals surface area contributed by atoms with E-state index in [-0.39, 0.29) is 0 Å². The molecule has 1 saturated heterocycles. The van der Waals surface area contributed by atoms with Crippen LogP contribution >= 0.6 is 23.4 Å². The Balaban J connectivity index is 2.06. The van der Waals surface area contributed by atoms with Crippen molar-refractivity contribution in [1.29, 1.82) is 5.26 Å². The zero-order valence-electron chi connectivity index (χ0n) is 8.87. The number of benzene rings is 1. The van der Waals surface area contributed by atoms with Crippen molar-refractivity contribution in [1.82, 2.24) is 0 Å². The fraction of sp³-hybridized carbons (Fsp3) is 0.417. The highest BCUT2D eigenvalue weighted by Crippen LogP contribution is 2.26. The van der Waals surface area contributed by atoms with Crippen LogP contribution in [-0.4, -0.2) is 17.5 Å². The third kappa shape index (κ3) is 2.84. The molecule has 0 saturated carbocycles. The maximum atomic E-state index is 8.74. The summed E-state index contributed by atoms with van der Waals surface area (Å²) >= 11 is 8.11. The number of nitrogens with zero attached hydrogens (tertiary/aromatic N) is 1. The van der Waals surface area contributed by atoms with Gasteiger partial charge in [0.05, 0.1) is 22.3 Å². The second kappa shape index (κ2) is 5.47. The molecule has 1 aliphatic rings. The first-order valence-corrected chi connectivity index (χ1v) is 6.87. The Kier molecular flexibility index (Phi) is 3.98. The molecule has 1 heterocycles.